The standard InChI is InChI=1S/C10H9F5O/c1-5(2)6-3-4-7(9(12)8(6)11)16-10(13,14)15/h3-5H,1-2H3. The highest BCUT2D eigenvalue weighted by Gasteiger charge is 2.33. The highest BCUT2D eigenvalue weighted by Crippen LogP contribution is 2.30. The summed E-state index contributed by atoms with van der Waals surface area (Å²) in [6.45, 7) is 3.20. The summed E-state index contributed by atoms with van der Waals surface area (Å²) in [4.78, 5) is 0. The molecule has 0 atom stereocenters. The van der Waals surface area contributed by atoms with E-state index in [2.05, 4.69) is 4.74 Å². The molecule has 1 aromatic rings. The van der Waals surface area contributed by atoms with E-state index in [4.69, 9.17) is 0 Å². The predicted octanol–water partition coefficient (Wildman–Crippen LogP) is 3.99. The minimum Gasteiger partial charge on any atom is -0.403 e. The lowest BCUT2D eigenvalue weighted by Gasteiger charge is -2.13. The Kier molecular flexibility index (Phi) is 3.40. The van der Waals surface area contributed by atoms with Crippen molar-refractivity contribution >= 4 is 0 Å². The van der Waals surface area contributed by atoms with Gasteiger partial charge in [0.2, 0.25) is 5.82 Å². The molecule has 1 aromatic carbocycles. The van der Waals surface area contributed by atoms with Crippen LogP contribution in [0.2, 0.25) is 0 Å². The Hall–Kier alpha value is -1.33. The average molecular weight is 240 g/mol. The molecule has 0 aliphatic heterocycles. The van der Waals surface area contributed by atoms with Gasteiger partial charge >= 0.3 is 6.36 Å². The molecule has 0 aliphatic rings. The molecule has 16 heavy (non-hydrogen) atoms. The molecule has 0 saturated heterocycles. The largest absolute Gasteiger partial charge is 0.573 e. The minimum absolute atomic E-state index is 0.00650. The van der Waals surface area contributed by atoms with Gasteiger partial charge in [-0.1, -0.05) is 19.9 Å². The van der Waals surface area contributed by atoms with Crippen molar-refractivity contribution in [1.29, 1.82) is 0 Å². The molecule has 0 radical (unpaired) electrons. The van der Waals surface area contributed by atoms with E-state index in [9.17, 15) is 22.0 Å². The summed E-state index contributed by atoms with van der Waals surface area (Å²) in [5, 5.41) is 0. The van der Waals surface area contributed by atoms with Crippen molar-refractivity contribution < 1.29 is 26.7 Å². The quantitative estimate of drug-likeness (QED) is 0.710. The molecule has 0 heterocycles. The van der Waals surface area contributed by atoms with E-state index in [-0.39, 0.29) is 11.5 Å². The molecule has 0 bridgehead atoms. The fraction of sp³-hybridized carbons (Fsp3) is 0.400. The molecule has 6 heteroatoms. The van der Waals surface area contributed by atoms with E-state index in [1.54, 1.807) is 13.8 Å². The lowest BCUT2D eigenvalue weighted by atomic mass is 10.0. The summed E-state index contributed by atoms with van der Waals surface area (Å²) in [5.41, 5.74) is 0.00650. The normalized spacial score (nSPS) is 12.0. The minimum atomic E-state index is -5.04. The van der Waals surface area contributed by atoms with Gasteiger partial charge in [-0.15, -0.1) is 13.2 Å². The Balaban J connectivity index is 3.12. The van der Waals surface area contributed by atoms with Gasteiger partial charge in [0.25, 0.3) is 0 Å². The molecule has 0 saturated carbocycles. The first-order valence-corrected chi connectivity index (χ1v) is 4.46. The second-order valence-electron chi connectivity index (χ2n) is 3.48. The third-order valence-electron chi connectivity index (χ3n) is 1.92. The number of halogens is 5. The molecule has 0 fully saturated rings. The summed E-state index contributed by atoms with van der Waals surface area (Å²) in [7, 11) is 0. The fourth-order valence-corrected chi connectivity index (χ4v) is 1.20. The van der Waals surface area contributed by atoms with Gasteiger partial charge in [-0.3, -0.25) is 0 Å². The van der Waals surface area contributed by atoms with E-state index in [0.29, 0.717) is 0 Å². The maximum absolute atomic E-state index is 13.3. The third kappa shape index (κ3) is 2.84. The highest BCUT2D eigenvalue weighted by atomic mass is 19.4. The molecule has 1 rings (SSSR count). The van der Waals surface area contributed by atoms with E-state index in [1.165, 1.54) is 0 Å². The highest BCUT2D eigenvalue weighted by molar-refractivity contribution is 5.32. The smallest absolute Gasteiger partial charge is 0.403 e. The molecule has 0 amide bonds. The van der Waals surface area contributed by atoms with E-state index < -0.39 is 23.7 Å². The maximum atomic E-state index is 13.3. The van der Waals surface area contributed by atoms with Crippen molar-refractivity contribution in [2.45, 2.75) is 26.1 Å². The summed E-state index contributed by atoms with van der Waals surface area (Å²) in [6, 6.07) is 1.84. The van der Waals surface area contributed by atoms with Gasteiger partial charge in [0.1, 0.15) is 0 Å². The molecule has 0 N–H and O–H groups in total. The Labute approximate surface area is 88.8 Å². The Morgan fingerprint density at radius 2 is 1.62 bits per heavy atom. The third-order valence-corrected chi connectivity index (χ3v) is 1.92. The van der Waals surface area contributed by atoms with Gasteiger partial charge in [-0.2, -0.15) is 4.39 Å². The van der Waals surface area contributed by atoms with E-state index >= 15 is 0 Å². The summed E-state index contributed by atoms with van der Waals surface area (Å²) in [6.07, 6.45) is -5.04. The van der Waals surface area contributed by atoms with Crippen LogP contribution < -0.4 is 4.74 Å². The molecule has 0 spiro atoms. The van der Waals surface area contributed by atoms with Gasteiger partial charge in [0, 0.05) is 0 Å². The predicted molar refractivity (Wildman–Crippen MR) is 47.1 cm³/mol. The average Bonchev–Trinajstić information content (AvgIpc) is 2.10. The molecule has 1 nitrogen and oxygen atoms in total. The first-order chi connectivity index (χ1) is 7.22. The van der Waals surface area contributed by atoms with Crippen molar-refractivity contribution in [2.24, 2.45) is 0 Å². The molecule has 90 valence electrons. The monoisotopic (exact) mass is 240 g/mol. The topological polar surface area (TPSA) is 9.23 Å². The lowest BCUT2D eigenvalue weighted by molar-refractivity contribution is -0.275. The van der Waals surface area contributed by atoms with Crippen LogP contribution in [-0.2, 0) is 0 Å². The first kappa shape index (κ1) is 12.7. The Morgan fingerprint density at radius 1 is 1.06 bits per heavy atom. The van der Waals surface area contributed by atoms with Crippen molar-refractivity contribution in [2.75, 3.05) is 0 Å². The summed E-state index contributed by atoms with van der Waals surface area (Å²) in [5.74, 6) is -4.41. The molecular formula is C10H9F5O. The van der Waals surface area contributed by atoms with Crippen LogP contribution in [0.25, 0.3) is 0 Å². The SMILES string of the molecule is CC(C)c1ccc(OC(F)(F)F)c(F)c1F. The molecular weight excluding hydrogens is 231 g/mol. The molecule has 0 aromatic heterocycles. The van der Waals surface area contributed by atoms with Crippen molar-refractivity contribution in [1.82, 2.24) is 0 Å². The van der Waals surface area contributed by atoms with Crippen LogP contribution in [0.15, 0.2) is 12.1 Å². The van der Waals surface area contributed by atoms with Gasteiger partial charge in [0.15, 0.2) is 11.6 Å². The lowest BCUT2D eigenvalue weighted by Crippen LogP contribution is -2.18. The van der Waals surface area contributed by atoms with E-state index in [0.717, 1.165) is 12.1 Å². The first-order valence-electron chi connectivity index (χ1n) is 4.46. The fourth-order valence-electron chi connectivity index (χ4n) is 1.20. The van der Waals surface area contributed by atoms with Crippen LogP contribution in [0, 0.1) is 11.6 Å². The van der Waals surface area contributed by atoms with Gasteiger partial charge in [-0.05, 0) is 17.5 Å². The van der Waals surface area contributed by atoms with Gasteiger partial charge in [0.05, 0.1) is 0 Å². The Morgan fingerprint density at radius 3 is 2.06 bits per heavy atom. The second kappa shape index (κ2) is 4.27. The van der Waals surface area contributed by atoms with Crippen LogP contribution in [0.5, 0.6) is 5.75 Å². The maximum Gasteiger partial charge on any atom is 0.573 e. The Bertz CT molecular complexity index is 384. The van der Waals surface area contributed by atoms with Crippen LogP contribution in [0.1, 0.15) is 25.3 Å². The number of hydrogen-bond acceptors (Lipinski definition) is 1. The zero-order valence-corrected chi connectivity index (χ0v) is 8.53. The van der Waals surface area contributed by atoms with Gasteiger partial charge < -0.3 is 4.74 Å². The number of alkyl halides is 3. The van der Waals surface area contributed by atoms with Crippen LogP contribution in [0.3, 0.4) is 0 Å². The van der Waals surface area contributed by atoms with Crippen molar-refractivity contribution in [3.63, 3.8) is 0 Å². The molecule has 0 aliphatic carbocycles. The molecule has 0 unspecified atom stereocenters. The summed E-state index contributed by atoms with van der Waals surface area (Å²) < 4.78 is 65.2. The zero-order valence-electron chi connectivity index (χ0n) is 8.53. The van der Waals surface area contributed by atoms with E-state index in [1.807, 2.05) is 0 Å². The zero-order chi connectivity index (χ0) is 12.5. The number of ether oxygens (including phenoxy) is 1. The van der Waals surface area contributed by atoms with Crippen molar-refractivity contribution in [3.8, 4) is 5.75 Å². The number of benzene rings is 1. The van der Waals surface area contributed by atoms with Crippen LogP contribution in [-0.4, -0.2) is 6.36 Å². The number of hydrogen-bond donors (Lipinski definition) is 0. The second-order valence-corrected chi connectivity index (χ2v) is 3.48. The van der Waals surface area contributed by atoms with Crippen molar-refractivity contribution in [3.05, 3.63) is 29.3 Å². The van der Waals surface area contributed by atoms with Gasteiger partial charge in [-0.25, -0.2) is 4.39 Å². The van der Waals surface area contributed by atoms with Crippen LogP contribution >= 0.6 is 0 Å². The number of rotatable bonds is 2. The summed E-state index contributed by atoms with van der Waals surface area (Å²) >= 11 is 0. The van der Waals surface area contributed by atoms with Crippen LogP contribution in [0.4, 0.5) is 22.0 Å².